The van der Waals surface area contributed by atoms with Gasteiger partial charge in [-0.25, -0.2) is 0 Å². The molecule has 0 aliphatic heterocycles. The normalized spacial score (nSPS) is 18.9. The van der Waals surface area contributed by atoms with E-state index in [0.717, 1.165) is 46.8 Å². The van der Waals surface area contributed by atoms with Gasteiger partial charge in [0.1, 0.15) is 0 Å². The van der Waals surface area contributed by atoms with Crippen molar-refractivity contribution in [1.29, 1.82) is 0 Å². The molecule has 5 rings (SSSR count). The molecule has 1 aliphatic carbocycles. The molecule has 1 saturated carbocycles. The summed E-state index contributed by atoms with van der Waals surface area (Å²) in [4.78, 5) is 10.8. The maximum Gasteiger partial charge on any atom is 0.0712 e. The molecule has 0 aromatic heterocycles. The minimum atomic E-state index is -0.0835. The van der Waals surface area contributed by atoms with Gasteiger partial charge in [0.05, 0.1) is 22.8 Å². The second-order valence-corrected chi connectivity index (χ2v) is 11.0. The highest BCUT2D eigenvalue weighted by molar-refractivity contribution is 6.47. The summed E-state index contributed by atoms with van der Waals surface area (Å²) in [5, 5.41) is 0. The first-order valence-corrected chi connectivity index (χ1v) is 12.8. The van der Waals surface area contributed by atoms with E-state index >= 15 is 0 Å². The second-order valence-electron chi connectivity index (χ2n) is 11.0. The van der Waals surface area contributed by atoms with Gasteiger partial charge < -0.3 is 0 Å². The molecule has 0 unspecified atom stereocenters. The van der Waals surface area contributed by atoms with Crippen LogP contribution in [0, 0.1) is 10.8 Å². The molecule has 4 aromatic carbocycles. The van der Waals surface area contributed by atoms with Gasteiger partial charge >= 0.3 is 0 Å². The average molecular weight is 471 g/mol. The Morgan fingerprint density at radius 1 is 0.444 bits per heavy atom. The summed E-state index contributed by atoms with van der Waals surface area (Å²) in [6, 6.07) is 38.0. The Bertz CT molecular complexity index is 1300. The van der Waals surface area contributed by atoms with Crippen LogP contribution in [-0.4, -0.2) is 11.4 Å². The van der Waals surface area contributed by atoms with Crippen LogP contribution in [-0.2, 0) is 0 Å². The third kappa shape index (κ3) is 4.81. The maximum atomic E-state index is 5.41. The fourth-order valence-corrected chi connectivity index (χ4v) is 5.02. The standard InChI is InChI=1S/C34H34N2/c1-33(2)23-24-34(3,4)32(36-30-22-14-12-20-28(30)26-17-9-6-10-18-26)31(33)35-29-21-13-11-19-27(29)25-15-7-5-8-16-25/h5-22H,23-24H2,1-4H3. The summed E-state index contributed by atoms with van der Waals surface area (Å²) in [5.74, 6) is 0. The Morgan fingerprint density at radius 3 is 1.17 bits per heavy atom. The summed E-state index contributed by atoms with van der Waals surface area (Å²) in [7, 11) is 0. The third-order valence-electron chi connectivity index (χ3n) is 7.32. The molecule has 4 aromatic rings. The minimum absolute atomic E-state index is 0.0835. The van der Waals surface area contributed by atoms with Crippen LogP contribution in [0.3, 0.4) is 0 Å². The zero-order chi connectivity index (χ0) is 25.2. The van der Waals surface area contributed by atoms with Crippen molar-refractivity contribution < 1.29 is 0 Å². The molecular weight excluding hydrogens is 436 g/mol. The van der Waals surface area contributed by atoms with Gasteiger partial charge in [-0.05, 0) is 36.1 Å². The molecule has 0 bridgehead atoms. The van der Waals surface area contributed by atoms with Crippen LogP contribution in [0.4, 0.5) is 11.4 Å². The third-order valence-corrected chi connectivity index (χ3v) is 7.32. The van der Waals surface area contributed by atoms with Crippen LogP contribution in [0.25, 0.3) is 22.3 Å². The largest absolute Gasteiger partial charge is 0.250 e. The van der Waals surface area contributed by atoms with E-state index in [-0.39, 0.29) is 10.8 Å². The van der Waals surface area contributed by atoms with Gasteiger partial charge in [-0.2, -0.15) is 0 Å². The molecule has 1 fully saturated rings. The summed E-state index contributed by atoms with van der Waals surface area (Å²) < 4.78 is 0. The Balaban J connectivity index is 1.71. The molecule has 0 atom stereocenters. The van der Waals surface area contributed by atoms with Crippen molar-refractivity contribution in [3.05, 3.63) is 109 Å². The molecule has 0 N–H and O–H groups in total. The molecule has 0 amide bonds. The second kappa shape index (κ2) is 9.70. The Morgan fingerprint density at radius 2 is 0.778 bits per heavy atom. The van der Waals surface area contributed by atoms with Crippen molar-refractivity contribution in [1.82, 2.24) is 0 Å². The van der Waals surface area contributed by atoms with Crippen molar-refractivity contribution in [2.75, 3.05) is 0 Å². The van der Waals surface area contributed by atoms with Crippen LogP contribution < -0.4 is 0 Å². The molecular formula is C34H34N2. The lowest BCUT2D eigenvalue weighted by atomic mass is 9.64. The van der Waals surface area contributed by atoms with Crippen LogP contribution >= 0.6 is 0 Å². The van der Waals surface area contributed by atoms with Gasteiger partial charge in [-0.3, -0.25) is 9.98 Å². The fourth-order valence-electron chi connectivity index (χ4n) is 5.02. The topological polar surface area (TPSA) is 24.7 Å². The minimum Gasteiger partial charge on any atom is -0.250 e. The lowest BCUT2D eigenvalue weighted by Gasteiger charge is -2.42. The van der Waals surface area contributed by atoms with Crippen LogP contribution in [0.15, 0.2) is 119 Å². The zero-order valence-electron chi connectivity index (χ0n) is 21.7. The number of rotatable bonds is 4. The molecule has 0 radical (unpaired) electrons. The zero-order valence-corrected chi connectivity index (χ0v) is 21.7. The Hall–Kier alpha value is -3.78. The van der Waals surface area contributed by atoms with Crippen molar-refractivity contribution in [3.63, 3.8) is 0 Å². The first kappa shape index (κ1) is 23.9. The van der Waals surface area contributed by atoms with Gasteiger partial charge in [0.25, 0.3) is 0 Å². The van der Waals surface area contributed by atoms with Crippen molar-refractivity contribution in [2.24, 2.45) is 20.8 Å². The smallest absolute Gasteiger partial charge is 0.0712 e. The van der Waals surface area contributed by atoms with Gasteiger partial charge in [0, 0.05) is 22.0 Å². The number of hydrogen-bond donors (Lipinski definition) is 0. The first-order chi connectivity index (χ1) is 17.4. The molecule has 2 heteroatoms. The fraction of sp³-hybridized carbons (Fsp3) is 0.235. The van der Waals surface area contributed by atoms with E-state index in [1.807, 2.05) is 0 Å². The summed E-state index contributed by atoms with van der Waals surface area (Å²) in [5.41, 5.74) is 8.65. The molecule has 1 aliphatic rings. The monoisotopic (exact) mass is 470 g/mol. The number of nitrogens with zero attached hydrogens (tertiary/aromatic N) is 2. The van der Waals surface area contributed by atoms with Crippen LogP contribution in [0.5, 0.6) is 0 Å². The number of hydrogen-bond acceptors (Lipinski definition) is 2. The quantitative estimate of drug-likeness (QED) is 0.283. The summed E-state index contributed by atoms with van der Waals surface area (Å²) >= 11 is 0. The summed E-state index contributed by atoms with van der Waals surface area (Å²) in [6.07, 6.45) is 2.15. The predicted octanol–water partition coefficient (Wildman–Crippen LogP) is 9.71. The highest BCUT2D eigenvalue weighted by Gasteiger charge is 2.43. The molecule has 180 valence electrons. The number of para-hydroxylation sites is 2. The lowest BCUT2D eigenvalue weighted by Crippen LogP contribution is -2.45. The number of benzene rings is 4. The van der Waals surface area contributed by atoms with E-state index < -0.39 is 0 Å². The maximum absolute atomic E-state index is 5.41. The van der Waals surface area contributed by atoms with E-state index in [9.17, 15) is 0 Å². The molecule has 0 heterocycles. The number of aliphatic imine (C=N–C) groups is 2. The van der Waals surface area contributed by atoms with Crippen LogP contribution in [0.1, 0.15) is 40.5 Å². The Labute approximate surface area is 215 Å². The van der Waals surface area contributed by atoms with Crippen LogP contribution in [0.2, 0.25) is 0 Å². The predicted molar refractivity (Wildman–Crippen MR) is 155 cm³/mol. The van der Waals surface area contributed by atoms with Crippen molar-refractivity contribution in [2.45, 2.75) is 40.5 Å². The molecule has 36 heavy (non-hydrogen) atoms. The van der Waals surface area contributed by atoms with E-state index in [4.69, 9.17) is 9.98 Å². The summed E-state index contributed by atoms with van der Waals surface area (Å²) in [6.45, 7) is 9.24. The van der Waals surface area contributed by atoms with Gasteiger partial charge in [0.15, 0.2) is 0 Å². The van der Waals surface area contributed by atoms with Crippen molar-refractivity contribution in [3.8, 4) is 22.3 Å². The van der Waals surface area contributed by atoms with E-state index in [0.29, 0.717) is 0 Å². The van der Waals surface area contributed by atoms with E-state index in [1.54, 1.807) is 0 Å². The van der Waals surface area contributed by atoms with Gasteiger partial charge in [-0.1, -0.05) is 125 Å². The highest BCUT2D eigenvalue weighted by Crippen LogP contribution is 2.44. The SMILES string of the molecule is CC1(C)CCC(C)(C)C(=Nc2ccccc2-c2ccccc2)C1=Nc1ccccc1-c1ccccc1. The van der Waals surface area contributed by atoms with Gasteiger partial charge in [0.2, 0.25) is 0 Å². The highest BCUT2D eigenvalue weighted by atomic mass is 14.9. The molecule has 0 spiro atoms. The molecule has 0 saturated heterocycles. The Kier molecular flexibility index (Phi) is 6.45. The lowest BCUT2D eigenvalue weighted by molar-refractivity contribution is 0.347. The average Bonchev–Trinajstić information content (AvgIpc) is 2.90. The van der Waals surface area contributed by atoms with E-state index in [2.05, 4.69) is 137 Å². The molecule has 2 nitrogen and oxygen atoms in total. The first-order valence-electron chi connectivity index (χ1n) is 12.8. The van der Waals surface area contributed by atoms with Crippen molar-refractivity contribution >= 4 is 22.8 Å². The van der Waals surface area contributed by atoms with Gasteiger partial charge in [-0.15, -0.1) is 0 Å². The van der Waals surface area contributed by atoms with E-state index in [1.165, 1.54) is 11.1 Å².